The molecule has 0 aliphatic carbocycles. The minimum absolute atomic E-state index is 0.0846. The van der Waals surface area contributed by atoms with Crippen LogP contribution in [0.2, 0.25) is 0 Å². The molecular weight excluding hydrogens is 398 g/mol. The summed E-state index contributed by atoms with van der Waals surface area (Å²) in [7, 11) is 0. The molecule has 8 heteroatoms. The lowest BCUT2D eigenvalue weighted by molar-refractivity contribution is 0.0705. The Balaban J connectivity index is 1.42. The standard InChI is InChI=1S/C18H14BrN5O2/c19-12-9-20-17-8-14(21-24(17)10-12)18(25)22-5-6-23-13(11-22)3-4-15(23)16-2-1-7-26-16/h1-4,7-10H,5-6,11H2. The van der Waals surface area contributed by atoms with Crippen LogP contribution in [0.4, 0.5) is 0 Å². The van der Waals surface area contributed by atoms with Crippen LogP contribution in [-0.2, 0) is 13.1 Å². The molecule has 5 rings (SSSR count). The predicted octanol–water partition coefficient (Wildman–Crippen LogP) is 3.21. The maximum atomic E-state index is 12.9. The molecule has 1 aliphatic rings. The maximum Gasteiger partial charge on any atom is 0.274 e. The number of carbonyl (C=O) groups is 1. The number of aromatic nitrogens is 4. The Bertz CT molecular complexity index is 1110. The van der Waals surface area contributed by atoms with Crippen LogP contribution in [0.15, 0.2) is 57.9 Å². The molecule has 0 atom stereocenters. The van der Waals surface area contributed by atoms with Gasteiger partial charge < -0.3 is 13.9 Å². The number of furan rings is 1. The average Bonchev–Trinajstić information content (AvgIpc) is 3.38. The Hall–Kier alpha value is -2.87. The Morgan fingerprint density at radius 2 is 2.15 bits per heavy atom. The first kappa shape index (κ1) is 15.4. The van der Waals surface area contributed by atoms with E-state index in [0.29, 0.717) is 24.4 Å². The van der Waals surface area contributed by atoms with Gasteiger partial charge in [-0.05, 0) is 40.2 Å². The van der Waals surface area contributed by atoms with Gasteiger partial charge in [0, 0.05) is 37.2 Å². The Morgan fingerprint density at radius 1 is 1.23 bits per heavy atom. The van der Waals surface area contributed by atoms with Crippen molar-refractivity contribution in [2.75, 3.05) is 6.54 Å². The van der Waals surface area contributed by atoms with E-state index in [1.807, 2.05) is 29.2 Å². The van der Waals surface area contributed by atoms with E-state index in [-0.39, 0.29) is 5.91 Å². The van der Waals surface area contributed by atoms with Crippen molar-refractivity contribution in [2.24, 2.45) is 0 Å². The summed E-state index contributed by atoms with van der Waals surface area (Å²) in [6, 6.07) is 9.62. The van der Waals surface area contributed by atoms with Crippen molar-refractivity contribution < 1.29 is 9.21 Å². The van der Waals surface area contributed by atoms with Crippen LogP contribution in [0.3, 0.4) is 0 Å². The van der Waals surface area contributed by atoms with Crippen LogP contribution < -0.4 is 0 Å². The maximum absolute atomic E-state index is 12.9. The first-order chi connectivity index (χ1) is 12.7. The second-order valence-electron chi connectivity index (χ2n) is 6.17. The Labute approximate surface area is 157 Å². The summed E-state index contributed by atoms with van der Waals surface area (Å²) < 4.78 is 10.1. The minimum Gasteiger partial charge on any atom is -0.463 e. The number of rotatable bonds is 2. The van der Waals surface area contributed by atoms with Gasteiger partial charge in [0.2, 0.25) is 0 Å². The number of carbonyl (C=O) groups excluding carboxylic acids is 1. The molecule has 7 nitrogen and oxygen atoms in total. The first-order valence-electron chi connectivity index (χ1n) is 8.21. The number of halogens is 1. The molecule has 0 unspecified atom stereocenters. The average molecular weight is 412 g/mol. The second kappa shape index (κ2) is 5.84. The monoisotopic (exact) mass is 411 g/mol. The third kappa shape index (κ3) is 2.45. The molecule has 1 amide bonds. The number of nitrogens with zero attached hydrogens (tertiary/aromatic N) is 5. The molecular formula is C18H14BrN5O2. The SMILES string of the molecule is O=C(c1cc2ncc(Br)cn2n1)N1CCn2c(ccc2-c2ccco2)C1. The first-order valence-corrected chi connectivity index (χ1v) is 9.01. The summed E-state index contributed by atoms with van der Waals surface area (Å²) in [4.78, 5) is 19.0. The van der Waals surface area contributed by atoms with E-state index in [9.17, 15) is 4.79 Å². The van der Waals surface area contributed by atoms with Gasteiger partial charge in [-0.15, -0.1) is 0 Å². The highest BCUT2D eigenvalue weighted by Gasteiger charge is 2.25. The molecule has 4 aromatic heterocycles. The summed E-state index contributed by atoms with van der Waals surface area (Å²) in [5.41, 5.74) is 3.18. The van der Waals surface area contributed by atoms with Crippen molar-refractivity contribution >= 4 is 27.5 Å². The van der Waals surface area contributed by atoms with Gasteiger partial charge in [0.25, 0.3) is 5.91 Å². The fraction of sp³-hybridized carbons (Fsp3) is 0.167. The van der Waals surface area contributed by atoms with Crippen LogP contribution >= 0.6 is 15.9 Å². The zero-order valence-corrected chi connectivity index (χ0v) is 15.3. The molecule has 0 saturated heterocycles. The highest BCUT2D eigenvalue weighted by molar-refractivity contribution is 9.10. The zero-order valence-electron chi connectivity index (χ0n) is 13.7. The predicted molar refractivity (Wildman–Crippen MR) is 97.6 cm³/mol. The van der Waals surface area contributed by atoms with E-state index < -0.39 is 0 Å². The molecule has 0 radical (unpaired) electrons. The largest absolute Gasteiger partial charge is 0.463 e. The van der Waals surface area contributed by atoms with Gasteiger partial charge in [0.05, 0.1) is 23.0 Å². The molecule has 0 N–H and O–H groups in total. The lowest BCUT2D eigenvalue weighted by Gasteiger charge is -2.29. The molecule has 4 aromatic rings. The Kier molecular flexibility index (Phi) is 3.46. The lowest BCUT2D eigenvalue weighted by atomic mass is 10.2. The molecule has 1 aliphatic heterocycles. The minimum atomic E-state index is -0.0846. The highest BCUT2D eigenvalue weighted by atomic mass is 79.9. The van der Waals surface area contributed by atoms with Crippen molar-refractivity contribution in [1.82, 2.24) is 24.1 Å². The highest BCUT2D eigenvalue weighted by Crippen LogP contribution is 2.26. The molecule has 26 heavy (non-hydrogen) atoms. The van der Waals surface area contributed by atoms with Crippen molar-refractivity contribution in [3.05, 3.63) is 64.8 Å². The number of fused-ring (bicyclic) bond motifs is 2. The van der Waals surface area contributed by atoms with Crippen LogP contribution in [0.1, 0.15) is 16.2 Å². The quantitative estimate of drug-likeness (QED) is 0.507. The number of hydrogen-bond donors (Lipinski definition) is 0. The van der Waals surface area contributed by atoms with Gasteiger partial charge in [-0.25, -0.2) is 9.50 Å². The van der Waals surface area contributed by atoms with Crippen LogP contribution in [0.5, 0.6) is 0 Å². The number of hydrogen-bond acceptors (Lipinski definition) is 4. The fourth-order valence-electron chi connectivity index (χ4n) is 3.34. The van der Waals surface area contributed by atoms with Gasteiger partial charge in [-0.1, -0.05) is 0 Å². The number of amides is 1. The normalized spacial score (nSPS) is 14.0. The lowest BCUT2D eigenvalue weighted by Crippen LogP contribution is -2.38. The van der Waals surface area contributed by atoms with E-state index in [1.165, 1.54) is 0 Å². The smallest absolute Gasteiger partial charge is 0.274 e. The van der Waals surface area contributed by atoms with Crippen molar-refractivity contribution in [2.45, 2.75) is 13.1 Å². The molecule has 130 valence electrons. The fourth-order valence-corrected chi connectivity index (χ4v) is 3.64. The van der Waals surface area contributed by atoms with Crippen molar-refractivity contribution in [3.8, 4) is 11.5 Å². The molecule has 0 bridgehead atoms. The van der Waals surface area contributed by atoms with Crippen molar-refractivity contribution in [1.29, 1.82) is 0 Å². The van der Waals surface area contributed by atoms with Gasteiger partial charge >= 0.3 is 0 Å². The molecule has 5 heterocycles. The summed E-state index contributed by atoms with van der Waals surface area (Å²) in [5.74, 6) is 0.756. The van der Waals surface area contributed by atoms with Gasteiger partial charge in [0.1, 0.15) is 5.76 Å². The molecule has 0 fully saturated rings. The van der Waals surface area contributed by atoms with Gasteiger partial charge in [-0.2, -0.15) is 5.10 Å². The van der Waals surface area contributed by atoms with Crippen LogP contribution in [0, 0.1) is 0 Å². The van der Waals surface area contributed by atoms with E-state index in [0.717, 1.165) is 28.2 Å². The second-order valence-corrected chi connectivity index (χ2v) is 7.09. The summed E-state index contributed by atoms with van der Waals surface area (Å²) >= 11 is 3.36. The third-order valence-corrected chi connectivity index (χ3v) is 4.99. The van der Waals surface area contributed by atoms with Gasteiger partial charge in [-0.3, -0.25) is 4.79 Å². The van der Waals surface area contributed by atoms with Gasteiger partial charge in [0.15, 0.2) is 11.3 Å². The van der Waals surface area contributed by atoms with Crippen LogP contribution in [-0.4, -0.2) is 36.5 Å². The molecule has 0 aromatic carbocycles. The van der Waals surface area contributed by atoms with Crippen molar-refractivity contribution in [3.63, 3.8) is 0 Å². The topological polar surface area (TPSA) is 68.6 Å². The summed E-state index contributed by atoms with van der Waals surface area (Å²) in [5, 5.41) is 4.36. The van der Waals surface area contributed by atoms with E-state index >= 15 is 0 Å². The van der Waals surface area contributed by atoms with E-state index in [2.05, 4.69) is 30.6 Å². The zero-order chi connectivity index (χ0) is 17.7. The molecule has 0 saturated carbocycles. The summed E-state index contributed by atoms with van der Waals surface area (Å²) in [6.45, 7) is 1.89. The Morgan fingerprint density at radius 3 is 3.00 bits per heavy atom. The molecule has 0 spiro atoms. The van der Waals surface area contributed by atoms with E-state index in [1.54, 1.807) is 29.2 Å². The van der Waals surface area contributed by atoms with Crippen LogP contribution in [0.25, 0.3) is 17.1 Å². The third-order valence-electron chi connectivity index (χ3n) is 4.58. The van der Waals surface area contributed by atoms with E-state index in [4.69, 9.17) is 4.42 Å². The summed E-state index contributed by atoms with van der Waals surface area (Å²) in [6.07, 6.45) is 5.15.